The summed E-state index contributed by atoms with van der Waals surface area (Å²) in [5.74, 6) is 4.73. The number of hydrogen-bond acceptors (Lipinski definition) is 6. The van der Waals surface area contributed by atoms with Gasteiger partial charge in [-0.05, 0) is 59.7 Å². The molecule has 0 fully saturated rings. The lowest BCUT2D eigenvalue weighted by atomic mass is 10.2. The molecule has 0 saturated heterocycles. The van der Waals surface area contributed by atoms with Gasteiger partial charge in [-0.25, -0.2) is 29.8 Å². The van der Waals surface area contributed by atoms with Crippen molar-refractivity contribution in [2.45, 2.75) is 52.7 Å². The Morgan fingerprint density at radius 3 is 1.85 bits per heavy atom. The van der Waals surface area contributed by atoms with Crippen molar-refractivity contribution in [1.82, 2.24) is 10.0 Å². The van der Waals surface area contributed by atoms with Crippen LogP contribution in [0.25, 0.3) is 0 Å². The molecule has 0 unspecified atom stereocenters. The maximum atomic E-state index is 12.9. The minimum atomic E-state index is -0.561. The first-order valence-corrected chi connectivity index (χ1v) is 8.31. The maximum absolute atomic E-state index is 12.9. The van der Waals surface area contributed by atoms with Gasteiger partial charge in [0.2, 0.25) is 0 Å². The number of hydrogen-bond donors (Lipinski definition) is 2. The van der Waals surface area contributed by atoms with Crippen molar-refractivity contribution in [2.24, 2.45) is 5.84 Å². The van der Waals surface area contributed by atoms with E-state index in [0.29, 0.717) is 5.69 Å². The average molecular weight is 386 g/mol. The lowest BCUT2D eigenvalue weighted by Crippen LogP contribution is -2.38. The van der Waals surface area contributed by atoms with Gasteiger partial charge in [-0.15, -0.1) is 0 Å². The number of carbonyl (C=O) groups excluding carboxylic acids is 2. The highest BCUT2D eigenvalue weighted by molar-refractivity contribution is 5.69. The van der Waals surface area contributed by atoms with Gasteiger partial charge in [-0.2, -0.15) is 0 Å². The molecular weight excluding hydrogens is 355 g/mol. The molecule has 154 valence electrons. The number of benzene rings is 1. The lowest BCUT2D eigenvalue weighted by Gasteiger charge is -2.25. The molecule has 0 aliphatic rings. The number of nitrogens with two attached hydrogens (primary N) is 1. The summed E-state index contributed by atoms with van der Waals surface area (Å²) < 4.78 is 22.9. The smallest absolute Gasteiger partial charge is 0.428 e. The quantitative estimate of drug-likeness (QED) is 0.456. The highest BCUT2D eigenvalue weighted by Gasteiger charge is 2.19. The van der Waals surface area contributed by atoms with Crippen molar-refractivity contribution >= 4 is 17.9 Å². The summed E-state index contributed by atoms with van der Waals surface area (Å²) >= 11 is 0. The van der Waals surface area contributed by atoms with Crippen LogP contribution in [0.4, 0.5) is 19.7 Å². The van der Waals surface area contributed by atoms with E-state index in [9.17, 15) is 14.0 Å². The monoisotopic (exact) mass is 386 g/mol. The van der Waals surface area contributed by atoms with Crippen molar-refractivity contribution in [2.75, 3.05) is 19.5 Å². The van der Waals surface area contributed by atoms with Gasteiger partial charge >= 0.3 is 12.2 Å². The van der Waals surface area contributed by atoms with Gasteiger partial charge in [0.05, 0.1) is 5.69 Å². The molecule has 0 saturated carbocycles. The number of rotatable bonds is 2. The van der Waals surface area contributed by atoms with Gasteiger partial charge in [-0.3, -0.25) is 5.43 Å². The van der Waals surface area contributed by atoms with Crippen LogP contribution in [0, 0.1) is 5.82 Å². The van der Waals surface area contributed by atoms with E-state index in [-0.39, 0.29) is 5.82 Å². The van der Waals surface area contributed by atoms with Crippen LogP contribution in [-0.4, -0.2) is 47.5 Å². The normalized spacial score (nSPS) is 10.9. The number of ether oxygens (including phenoxy) is 2. The largest absolute Gasteiger partial charge is 0.443 e. The molecule has 9 heteroatoms. The Hall–Kier alpha value is -2.55. The molecule has 0 heterocycles. The average Bonchev–Trinajstić information content (AvgIpc) is 2.44. The van der Waals surface area contributed by atoms with Crippen LogP contribution in [0.5, 0.6) is 0 Å². The molecule has 1 aromatic carbocycles. The first kappa shape index (κ1) is 24.5. The van der Waals surface area contributed by atoms with Crippen molar-refractivity contribution in [3.8, 4) is 0 Å². The van der Waals surface area contributed by atoms with E-state index in [1.54, 1.807) is 53.7 Å². The van der Waals surface area contributed by atoms with E-state index in [4.69, 9.17) is 15.3 Å². The minimum Gasteiger partial charge on any atom is -0.443 e. The Morgan fingerprint density at radius 1 is 1.00 bits per heavy atom. The molecule has 0 radical (unpaired) electrons. The third-order valence-electron chi connectivity index (χ3n) is 2.47. The highest BCUT2D eigenvalue weighted by atomic mass is 19.1. The van der Waals surface area contributed by atoms with E-state index in [0.717, 1.165) is 5.01 Å². The van der Waals surface area contributed by atoms with Crippen LogP contribution in [0.2, 0.25) is 0 Å². The summed E-state index contributed by atoms with van der Waals surface area (Å²) in [6.45, 7) is 10.7. The van der Waals surface area contributed by atoms with Gasteiger partial charge in [0.25, 0.3) is 0 Å². The van der Waals surface area contributed by atoms with E-state index in [1.165, 1.54) is 31.2 Å². The molecule has 1 rings (SSSR count). The predicted molar refractivity (Wildman–Crippen MR) is 102 cm³/mol. The zero-order valence-corrected chi connectivity index (χ0v) is 17.3. The highest BCUT2D eigenvalue weighted by Crippen LogP contribution is 2.12. The number of anilines is 1. The van der Waals surface area contributed by atoms with E-state index in [2.05, 4.69) is 5.43 Å². The summed E-state index contributed by atoms with van der Waals surface area (Å²) in [7, 11) is 2.95. The molecule has 27 heavy (non-hydrogen) atoms. The fraction of sp³-hybridized carbons (Fsp3) is 0.556. The number of halogens is 1. The van der Waals surface area contributed by atoms with Crippen LogP contribution in [-0.2, 0) is 9.47 Å². The van der Waals surface area contributed by atoms with Gasteiger partial charge < -0.3 is 9.47 Å². The van der Waals surface area contributed by atoms with Gasteiger partial charge in [0.15, 0.2) is 0 Å². The predicted octanol–water partition coefficient (Wildman–Crippen LogP) is 3.75. The van der Waals surface area contributed by atoms with Crippen molar-refractivity contribution in [3.63, 3.8) is 0 Å². The number of nitrogens with zero attached hydrogens (tertiary/aromatic N) is 2. The number of carbonyl (C=O) groups is 2. The van der Waals surface area contributed by atoms with Crippen molar-refractivity contribution in [3.05, 3.63) is 30.1 Å². The molecule has 8 nitrogen and oxygen atoms in total. The fourth-order valence-corrected chi connectivity index (χ4v) is 1.46. The minimum absolute atomic E-state index is 0.368. The summed E-state index contributed by atoms with van der Waals surface area (Å²) in [6, 6.07) is 5.84. The molecule has 0 aliphatic carbocycles. The number of amides is 2. The Kier molecular flexibility index (Phi) is 9.02. The fourth-order valence-electron chi connectivity index (χ4n) is 1.46. The maximum Gasteiger partial charge on any atom is 0.428 e. The summed E-state index contributed by atoms with van der Waals surface area (Å²) in [5.41, 5.74) is 2.18. The second kappa shape index (κ2) is 9.96. The van der Waals surface area contributed by atoms with Crippen LogP contribution >= 0.6 is 0 Å². The molecule has 0 aromatic heterocycles. The zero-order chi connectivity index (χ0) is 21.4. The third-order valence-corrected chi connectivity index (χ3v) is 2.47. The zero-order valence-electron chi connectivity index (χ0n) is 17.3. The Bertz CT molecular complexity index is 625. The molecule has 2 amide bonds. The first-order valence-electron chi connectivity index (χ1n) is 8.31. The first-order chi connectivity index (χ1) is 12.1. The van der Waals surface area contributed by atoms with Crippen LogP contribution in [0.3, 0.4) is 0 Å². The van der Waals surface area contributed by atoms with Crippen LogP contribution in [0.15, 0.2) is 24.3 Å². The SMILES string of the molecule is CN(N)C(=O)OC(C)(C)C.CN(Nc1cccc(F)c1)C(=O)OC(C)(C)C. The molecule has 0 aliphatic heterocycles. The molecular formula is C18H31FN4O4. The van der Waals surface area contributed by atoms with Crippen molar-refractivity contribution in [1.29, 1.82) is 0 Å². The van der Waals surface area contributed by atoms with Crippen LogP contribution in [0.1, 0.15) is 41.5 Å². The topological polar surface area (TPSA) is 97.1 Å². The summed E-state index contributed by atoms with van der Waals surface area (Å²) in [4.78, 5) is 22.3. The van der Waals surface area contributed by atoms with E-state index >= 15 is 0 Å². The number of nitrogens with one attached hydrogen (secondary N) is 1. The van der Waals surface area contributed by atoms with Crippen LogP contribution < -0.4 is 11.3 Å². The second-order valence-corrected chi connectivity index (χ2v) is 7.75. The summed E-state index contributed by atoms with van der Waals surface area (Å²) in [5, 5.41) is 2.07. The summed E-state index contributed by atoms with van der Waals surface area (Å²) in [6.07, 6.45) is -1.05. The van der Waals surface area contributed by atoms with Gasteiger partial charge in [-0.1, -0.05) is 6.07 Å². The lowest BCUT2D eigenvalue weighted by molar-refractivity contribution is 0.0295. The van der Waals surface area contributed by atoms with E-state index < -0.39 is 23.4 Å². The standard InChI is InChI=1S/C12H17FN2O2.C6H14N2O2/c1-12(2,3)17-11(16)15(4)14-10-7-5-6-9(13)8-10;1-6(2,3)10-5(9)8(4)7/h5-8,14H,1-4H3;7H2,1-4H3. The molecule has 0 atom stereocenters. The Labute approximate surface area is 160 Å². The molecule has 0 bridgehead atoms. The number of hydrazine groups is 2. The van der Waals surface area contributed by atoms with Gasteiger partial charge in [0, 0.05) is 14.1 Å². The van der Waals surface area contributed by atoms with Crippen molar-refractivity contribution < 1.29 is 23.5 Å². The Balaban J connectivity index is 0.000000580. The molecule has 0 spiro atoms. The molecule has 3 N–H and O–H groups in total. The van der Waals surface area contributed by atoms with Gasteiger partial charge in [0.1, 0.15) is 17.0 Å². The molecule has 1 aromatic rings. The second-order valence-electron chi connectivity index (χ2n) is 7.75. The van der Waals surface area contributed by atoms with E-state index in [1.807, 2.05) is 0 Å². The third kappa shape index (κ3) is 12.4. The Morgan fingerprint density at radius 2 is 1.48 bits per heavy atom.